The predicted molar refractivity (Wildman–Crippen MR) is 162 cm³/mol. The summed E-state index contributed by atoms with van der Waals surface area (Å²) in [5.41, 5.74) is 6.40. The molecule has 1 aliphatic heterocycles. The maximum absolute atomic E-state index is 15.2. The SMILES string of the molecule is CN=S1(=O)CCN(c2ccc(-c3cn(-c4ncccc4F)nc3C3CC(F)(F)CCC3(C(N)=O)[C@@H](C#N)C(C)C)cc2)CC1. The number of hydrogen-bond acceptors (Lipinski definition) is 7. The highest BCUT2D eigenvalue weighted by Crippen LogP contribution is 2.58. The summed E-state index contributed by atoms with van der Waals surface area (Å²) in [6, 6.07) is 12.2. The van der Waals surface area contributed by atoms with Crippen molar-refractivity contribution in [3.8, 4) is 23.0 Å². The van der Waals surface area contributed by atoms with E-state index in [1.807, 2.05) is 24.3 Å². The highest BCUT2D eigenvalue weighted by molar-refractivity contribution is 7.93. The Morgan fingerprint density at radius 2 is 1.86 bits per heavy atom. The Morgan fingerprint density at radius 3 is 2.43 bits per heavy atom. The van der Waals surface area contributed by atoms with E-state index >= 15 is 8.78 Å². The molecule has 0 bridgehead atoms. The van der Waals surface area contributed by atoms with E-state index in [1.165, 1.54) is 29.2 Å². The Morgan fingerprint density at radius 1 is 1.18 bits per heavy atom. The molecular formula is C31H36F3N7O2S. The number of rotatable bonds is 7. The topological polar surface area (TPSA) is 130 Å². The van der Waals surface area contributed by atoms with Crippen LogP contribution in [0.15, 0.2) is 53.2 Å². The van der Waals surface area contributed by atoms with Crippen molar-refractivity contribution in [2.75, 3.05) is 36.5 Å². The number of primary amides is 1. The van der Waals surface area contributed by atoms with Crippen LogP contribution in [0.1, 0.15) is 44.7 Å². The Balaban J connectivity index is 1.66. The van der Waals surface area contributed by atoms with Gasteiger partial charge in [-0.05, 0) is 42.2 Å². The molecule has 0 spiro atoms. The van der Waals surface area contributed by atoms with E-state index in [2.05, 4.69) is 25.4 Å². The quantitative estimate of drug-likeness (QED) is 0.385. The average molecular weight is 628 g/mol. The van der Waals surface area contributed by atoms with E-state index in [0.29, 0.717) is 35.7 Å². The number of benzene rings is 1. The standard InChI is InChI=1S/C31H36F3N7O2S/c1-20(2)25(18-35)31(29(36)42)11-10-30(33,34)17-24(31)27-23(19-41(39-27)28-26(32)5-4-12-38-28)21-6-8-22(9-7-21)40-13-15-44(43,37-3)16-14-40/h4-9,12,19-20,24-25H,10-11,13-17H2,1-3H3,(H2,36,42)/t24?,25-,31?/m0/s1. The number of carbonyl (C=O) groups excluding carboxylic acids is 1. The molecule has 2 aromatic heterocycles. The van der Waals surface area contributed by atoms with Gasteiger partial charge in [-0.25, -0.2) is 31.4 Å². The molecule has 0 radical (unpaired) electrons. The van der Waals surface area contributed by atoms with Gasteiger partial charge in [-0.3, -0.25) is 4.79 Å². The molecule has 1 saturated heterocycles. The van der Waals surface area contributed by atoms with E-state index in [-0.39, 0.29) is 23.9 Å². The van der Waals surface area contributed by atoms with Gasteiger partial charge in [0.15, 0.2) is 11.6 Å². The number of nitrogens with zero attached hydrogens (tertiary/aromatic N) is 6. The highest BCUT2D eigenvalue weighted by atomic mass is 32.2. The van der Waals surface area contributed by atoms with Crippen LogP contribution in [0.2, 0.25) is 0 Å². The van der Waals surface area contributed by atoms with Gasteiger partial charge in [0.25, 0.3) is 0 Å². The van der Waals surface area contributed by atoms with Crippen LogP contribution in [0, 0.1) is 34.4 Å². The Hall–Kier alpha value is -3.92. The number of hydrogen-bond donors (Lipinski definition) is 1. The van der Waals surface area contributed by atoms with Gasteiger partial charge in [0.2, 0.25) is 11.8 Å². The first-order chi connectivity index (χ1) is 20.8. The minimum atomic E-state index is -3.14. The summed E-state index contributed by atoms with van der Waals surface area (Å²) in [7, 11) is -0.615. The molecule has 234 valence electrons. The van der Waals surface area contributed by atoms with Gasteiger partial charge in [0, 0.05) is 83.8 Å². The lowest BCUT2D eigenvalue weighted by molar-refractivity contribution is -0.145. The summed E-state index contributed by atoms with van der Waals surface area (Å²) in [4.78, 5) is 19.5. The molecule has 2 fully saturated rings. The van der Waals surface area contributed by atoms with Crippen LogP contribution >= 0.6 is 0 Å². The van der Waals surface area contributed by atoms with Gasteiger partial charge >= 0.3 is 0 Å². The number of nitriles is 1. The molecule has 2 aliphatic rings. The number of amides is 1. The molecule has 2 unspecified atom stereocenters. The molecule has 44 heavy (non-hydrogen) atoms. The van der Waals surface area contributed by atoms with Gasteiger partial charge in [-0.15, -0.1) is 0 Å². The Bertz CT molecular complexity index is 1700. The normalized spacial score (nSPS) is 23.6. The smallest absolute Gasteiger partial charge is 0.248 e. The molecule has 1 amide bonds. The molecule has 1 saturated carbocycles. The summed E-state index contributed by atoms with van der Waals surface area (Å²) in [5, 5.41) is 14.8. The molecule has 13 heteroatoms. The third-order valence-corrected chi connectivity index (χ3v) is 11.4. The number of anilines is 1. The third kappa shape index (κ3) is 5.67. The van der Waals surface area contributed by atoms with Crippen molar-refractivity contribution in [1.82, 2.24) is 14.8 Å². The number of nitrogens with two attached hydrogens (primary N) is 1. The first-order valence-corrected chi connectivity index (χ1v) is 16.4. The van der Waals surface area contributed by atoms with Crippen molar-refractivity contribution >= 4 is 21.3 Å². The second-order valence-corrected chi connectivity index (χ2v) is 14.7. The first-order valence-electron chi connectivity index (χ1n) is 14.6. The van der Waals surface area contributed by atoms with Crippen molar-refractivity contribution in [3.63, 3.8) is 0 Å². The fraction of sp³-hybridized carbons (Fsp3) is 0.484. The number of pyridine rings is 1. The van der Waals surface area contributed by atoms with Gasteiger partial charge in [-0.1, -0.05) is 26.0 Å². The predicted octanol–water partition coefficient (Wildman–Crippen LogP) is 5.16. The van der Waals surface area contributed by atoms with Crippen molar-refractivity contribution in [1.29, 1.82) is 5.26 Å². The van der Waals surface area contributed by atoms with Crippen LogP contribution < -0.4 is 10.6 Å². The Kier molecular flexibility index (Phi) is 8.50. The number of carbonyl (C=O) groups is 1. The minimum absolute atomic E-state index is 0.129. The van der Waals surface area contributed by atoms with Crippen molar-refractivity contribution in [2.45, 2.75) is 45.0 Å². The fourth-order valence-corrected chi connectivity index (χ4v) is 8.28. The zero-order valence-corrected chi connectivity index (χ0v) is 25.7. The second-order valence-electron chi connectivity index (χ2n) is 11.9. The van der Waals surface area contributed by atoms with Gasteiger partial charge in [-0.2, -0.15) is 10.4 Å². The lowest BCUT2D eigenvalue weighted by Crippen LogP contribution is -2.53. The second kappa shape index (κ2) is 11.9. The maximum Gasteiger partial charge on any atom is 0.248 e. The molecule has 1 aliphatic carbocycles. The largest absolute Gasteiger partial charge is 0.370 e. The molecule has 9 nitrogen and oxygen atoms in total. The van der Waals surface area contributed by atoms with Gasteiger partial charge in [0.1, 0.15) is 0 Å². The summed E-state index contributed by atoms with van der Waals surface area (Å²) < 4.78 is 63.2. The minimum Gasteiger partial charge on any atom is -0.370 e. The molecule has 3 aromatic rings. The molecule has 3 heterocycles. The molecular weight excluding hydrogens is 591 g/mol. The van der Waals surface area contributed by atoms with E-state index in [9.17, 15) is 18.7 Å². The number of alkyl halides is 2. The zero-order chi connectivity index (χ0) is 31.9. The van der Waals surface area contributed by atoms with Crippen molar-refractivity contribution < 1.29 is 22.2 Å². The van der Waals surface area contributed by atoms with Gasteiger partial charge in [0.05, 0.1) is 23.1 Å². The van der Waals surface area contributed by atoms with Crippen LogP contribution in [0.3, 0.4) is 0 Å². The summed E-state index contributed by atoms with van der Waals surface area (Å²) in [6.07, 6.45) is 1.28. The maximum atomic E-state index is 15.2. The van der Waals surface area contributed by atoms with Gasteiger partial charge < -0.3 is 10.6 Å². The lowest BCUT2D eigenvalue weighted by Gasteiger charge is -2.47. The highest BCUT2D eigenvalue weighted by Gasteiger charge is 2.60. The van der Waals surface area contributed by atoms with E-state index in [0.717, 1.165) is 5.69 Å². The zero-order valence-electron chi connectivity index (χ0n) is 24.9. The summed E-state index contributed by atoms with van der Waals surface area (Å²) in [5.74, 6) is -6.42. The first kappa shape index (κ1) is 31.5. The summed E-state index contributed by atoms with van der Waals surface area (Å²) >= 11 is 0. The van der Waals surface area contributed by atoms with Crippen LogP contribution in [-0.2, 0) is 14.5 Å². The van der Waals surface area contributed by atoms with Crippen LogP contribution in [0.4, 0.5) is 18.9 Å². The molecule has 3 atom stereocenters. The number of halogens is 3. The average Bonchev–Trinajstić information content (AvgIpc) is 3.43. The molecule has 5 rings (SSSR count). The van der Waals surface area contributed by atoms with Crippen LogP contribution in [0.5, 0.6) is 0 Å². The van der Waals surface area contributed by atoms with Crippen LogP contribution in [-0.4, -0.2) is 62.4 Å². The third-order valence-electron chi connectivity index (χ3n) is 9.11. The number of aromatic nitrogens is 3. The molecule has 1 aromatic carbocycles. The van der Waals surface area contributed by atoms with E-state index in [4.69, 9.17) is 5.73 Å². The fourth-order valence-electron chi connectivity index (χ4n) is 6.70. The molecule has 2 N–H and O–H groups in total. The van der Waals surface area contributed by atoms with Crippen LogP contribution in [0.25, 0.3) is 16.9 Å². The van der Waals surface area contributed by atoms with Crippen molar-refractivity contribution in [2.24, 2.45) is 27.3 Å². The van der Waals surface area contributed by atoms with E-state index in [1.54, 1.807) is 20.9 Å². The van der Waals surface area contributed by atoms with E-state index < -0.39 is 57.5 Å². The monoisotopic (exact) mass is 627 g/mol. The Labute approximate surface area is 255 Å². The van der Waals surface area contributed by atoms with Crippen molar-refractivity contribution in [3.05, 3.63) is 60.3 Å². The summed E-state index contributed by atoms with van der Waals surface area (Å²) in [6.45, 7) is 4.66. The lowest BCUT2D eigenvalue weighted by atomic mass is 9.55.